The van der Waals surface area contributed by atoms with Crippen molar-refractivity contribution >= 4 is 5.91 Å². The average molecular weight is 285 g/mol. The summed E-state index contributed by atoms with van der Waals surface area (Å²) in [7, 11) is 0. The first-order chi connectivity index (χ1) is 10.2. The fourth-order valence-electron chi connectivity index (χ4n) is 2.86. The summed E-state index contributed by atoms with van der Waals surface area (Å²) in [4.78, 5) is 14.0. The fourth-order valence-corrected chi connectivity index (χ4v) is 2.86. The van der Waals surface area contributed by atoms with Gasteiger partial charge >= 0.3 is 0 Å². The van der Waals surface area contributed by atoms with Gasteiger partial charge in [0.05, 0.1) is 18.8 Å². The van der Waals surface area contributed by atoms with Crippen LogP contribution in [0.25, 0.3) is 5.69 Å². The van der Waals surface area contributed by atoms with Crippen LogP contribution in [0.2, 0.25) is 0 Å². The number of carbonyl (C=O) groups excluding carboxylic acids is 1. The lowest BCUT2D eigenvalue weighted by Crippen LogP contribution is -2.64. The van der Waals surface area contributed by atoms with Gasteiger partial charge in [0.25, 0.3) is 5.91 Å². The lowest BCUT2D eigenvalue weighted by Gasteiger charge is -2.47. The number of rotatable bonds is 3. The molecule has 4 rings (SSSR count). The second kappa shape index (κ2) is 4.36. The number of amides is 1. The molecule has 1 aliphatic heterocycles. The van der Waals surface area contributed by atoms with Crippen molar-refractivity contribution in [1.82, 2.24) is 25.1 Å². The molecule has 2 fully saturated rings. The molecular weight excluding hydrogens is 270 g/mol. The molecular formula is C14H15N5O2. The van der Waals surface area contributed by atoms with Gasteiger partial charge in [0.15, 0.2) is 0 Å². The van der Waals surface area contributed by atoms with Crippen LogP contribution in [-0.4, -0.2) is 54.8 Å². The molecule has 7 nitrogen and oxygen atoms in total. The topological polar surface area (TPSA) is 84.1 Å². The van der Waals surface area contributed by atoms with Crippen molar-refractivity contribution < 1.29 is 9.90 Å². The van der Waals surface area contributed by atoms with Crippen LogP contribution in [0.4, 0.5) is 0 Å². The third-order valence-electron chi connectivity index (χ3n) is 4.28. The van der Waals surface area contributed by atoms with Crippen molar-refractivity contribution in [3.8, 4) is 5.69 Å². The van der Waals surface area contributed by atoms with Crippen molar-refractivity contribution in [1.29, 1.82) is 0 Å². The van der Waals surface area contributed by atoms with Crippen LogP contribution in [0, 0.1) is 5.92 Å². The summed E-state index contributed by atoms with van der Waals surface area (Å²) in [6.45, 7) is 0.899. The van der Waals surface area contributed by atoms with Crippen LogP contribution >= 0.6 is 0 Å². The van der Waals surface area contributed by atoms with Gasteiger partial charge in [-0.2, -0.15) is 0 Å². The zero-order valence-electron chi connectivity index (χ0n) is 11.4. The number of carbonyl (C=O) groups is 1. The van der Waals surface area contributed by atoms with E-state index in [0.29, 0.717) is 24.6 Å². The highest BCUT2D eigenvalue weighted by Crippen LogP contribution is 2.44. The molecule has 21 heavy (non-hydrogen) atoms. The summed E-state index contributed by atoms with van der Waals surface area (Å²) in [5.74, 6) is 0.354. The van der Waals surface area contributed by atoms with Crippen LogP contribution in [-0.2, 0) is 0 Å². The third-order valence-corrected chi connectivity index (χ3v) is 4.28. The van der Waals surface area contributed by atoms with E-state index in [-0.39, 0.29) is 5.91 Å². The van der Waals surface area contributed by atoms with Gasteiger partial charge < -0.3 is 10.0 Å². The molecule has 2 aliphatic rings. The largest absolute Gasteiger partial charge is 0.386 e. The standard InChI is InChI=1S/C14H15N5O2/c20-13(18-7-14(21,8-18)11-3-4-11)10-1-5-12(6-2-10)19-9-15-16-17-19/h1-2,5-6,9,11,21H,3-4,7-8H2. The molecule has 0 radical (unpaired) electrons. The number of hydrogen-bond acceptors (Lipinski definition) is 5. The highest BCUT2D eigenvalue weighted by atomic mass is 16.3. The van der Waals surface area contributed by atoms with Gasteiger partial charge in [-0.25, -0.2) is 4.68 Å². The van der Waals surface area contributed by atoms with Crippen molar-refractivity contribution in [3.63, 3.8) is 0 Å². The highest BCUT2D eigenvalue weighted by molar-refractivity contribution is 5.95. The SMILES string of the molecule is O=C(c1ccc(-n2cnnn2)cc1)N1CC(O)(C2CC2)C1. The second-order valence-corrected chi connectivity index (χ2v) is 5.84. The Morgan fingerprint density at radius 2 is 1.95 bits per heavy atom. The van der Waals surface area contributed by atoms with Crippen molar-refractivity contribution in [2.24, 2.45) is 5.92 Å². The molecule has 2 heterocycles. The molecule has 1 N–H and O–H groups in total. The maximum Gasteiger partial charge on any atom is 0.254 e. The summed E-state index contributed by atoms with van der Waals surface area (Å²) in [5.41, 5.74) is 0.779. The van der Waals surface area contributed by atoms with Gasteiger partial charge in [-0.05, 0) is 53.5 Å². The number of aliphatic hydroxyl groups is 1. The number of aromatic nitrogens is 4. The van der Waals surface area contributed by atoms with Crippen LogP contribution in [0.15, 0.2) is 30.6 Å². The smallest absolute Gasteiger partial charge is 0.254 e. The molecule has 1 saturated carbocycles. The van der Waals surface area contributed by atoms with Gasteiger partial charge in [0.2, 0.25) is 0 Å². The Hall–Kier alpha value is -2.28. The predicted molar refractivity (Wildman–Crippen MR) is 72.7 cm³/mol. The van der Waals surface area contributed by atoms with E-state index in [0.717, 1.165) is 18.5 Å². The molecule has 0 bridgehead atoms. The maximum absolute atomic E-state index is 12.3. The molecule has 0 atom stereocenters. The van der Waals surface area contributed by atoms with E-state index in [2.05, 4.69) is 15.5 Å². The third kappa shape index (κ3) is 2.09. The maximum atomic E-state index is 12.3. The molecule has 1 aliphatic carbocycles. The van der Waals surface area contributed by atoms with Gasteiger partial charge in [-0.1, -0.05) is 0 Å². The van der Waals surface area contributed by atoms with Crippen LogP contribution in [0.1, 0.15) is 23.2 Å². The van der Waals surface area contributed by atoms with E-state index in [1.54, 1.807) is 29.2 Å². The zero-order valence-corrected chi connectivity index (χ0v) is 11.4. The summed E-state index contributed by atoms with van der Waals surface area (Å²) in [5, 5.41) is 21.2. The lowest BCUT2D eigenvalue weighted by molar-refractivity contribution is -0.0958. The molecule has 2 aromatic rings. The minimum absolute atomic E-state index is 0.0383. The molecule has 1 amide bonds. The zero-order chi connectivity index (χ0) is 14.4. The lowest BCUT2D eigenvalue weighted by atomic mass is 9.88. The van der Waals surface area contributed by atoms with Crippen LogP contribution in [0.5, 0.6) is 0 Å². The number of tetrazole rings is 1. The van der Waals surface area contributed by atoms with Gasteiger partial charge in [0.1, 0.15) is 11.9 Å². The summed E-state index contributed by atoms with van der Waals surface area (Å²) < 4.78 is 1.53. The Morgan fingerprint density at radius 3 is 2.52 bits per heavy atom. The van der Waals surface area contributed by atoms with Crippen LogP contribution < -0.4 is 0 Å². The normalized spacial score (nSPS) is 20.1. The first kappa shape index (κ1) is 12.5. The number of likely N-dealkylation sites (tertiary alicyclic amines) is 1. The van der Waals surface area contributed by atoms with Gasteiger partial charge in [-0.3, -0.25) is 4.79 Å². The summed E-state index contributed by atoms with van der Waals surface area (Å²) >= 11 is 0. The minimum Gasteiger partial charge on any atom is -0.386 e. The Kier molecular flexibility index (Phi) is 2.58. The number of hydrogen-bond donors (Lipinski definition) is 1. The Labute approximate surface area is 121 Å². The molecule has 0 spiro atoms. The number of β-amino-alcohol motifs (C(OH)–C–C–N with tert-alkyl or cyclic N) is 1. The van der Waals surface area contributed by atoms with E-state index < -0.39 is 5.60 Å². The molecule has 7 heteroatoms. The molecule has 0 unspecified atom stereocenters. The van der Waals surface area contributed by atoms with E-state index >= 15 is 0 Å². The Bertz CT molecular complexity index is 657. The van der Waals surface area contributed by atoms with E-state index in [1.807, 2.05) is 0 Å². The van der Waals surface area contributed by atoms with Crippen molar-refractivity contribution in [2.45, 2.75) is 18.4 Å². The minimum atomic E-state index is -0.637. The van der Waals surface area contributed by atoms with Crippen LogP contribution in [0.3, 0.4) is 0 Å². The van der Waals surface area contributed by atoms with Crippen molar-refractivity contribution in [2.75, 3.05) is 13.1 Å². The highest BCUT2D eigenvalue weighted by Gasteiger charge is 2.53. The number of benzene rings is 1. The Morgan fingerprint density at radius 1 is 1.24 bits per heavy atom. The van der Waals surface area contributed by atoms with E-state index in [4.69, 9.17) is 0 Å². The van der Waals surface area contributed by atoms with E-state index in [1.165, 1.54) is 11.0 Å². The average Bonchev–Trinajstić information content (AvgIpc) is 3.19. The van der Waals surface area contributed by atoms with Crippen molar-refractivity contribution in [3.05, 3.63) is 36.2 Å². The Balaban J connectivity index is 1.46. The fraction of sp³-hybridized carbons (Fsp3) is 0.429. The summed E-state index contributed by atoms with van der Waals surface area (Å²) in [6, 6.07) is 7.12. The monoisotopic (exact) mass is 285 g/mol. The van der Waals surface area contributed by atoms with Gasteiger partial charge in [-0.15, -0.1) is 5.10 Å². The van der Waals surface area contributed by atoms with E-state index in [9.17, 15) is 9.90 Å². The molecule has 1 saturated heterocycles. The summed E-state index contributed by atoms with van der Waals surface area (Å²) in [6.07, 6.45) is 3.67. The first-order valence-electron chi connectivity index (χ1n) is 7.01. The predicted octanol–water partition coefficient (Wildman–Crippen LogP) is 0.259. The first-order valence-corrected chi connectivity index (χ1v) is 7.01. The molecule has 1 aromatic heterocycles. The molecule has 108 valence electrons. The van der Waals surface area contributed by atoms with Gasteiger partial charge in [0, 0.05) is 5.56 Å². The number of nitrogens with zero attached hydrogens (tertiary/aromatic N) is 5. The molecule has 1 aromatic carbocycles. The second-order valence-electron chi connectivity index (χ2n) is 5.84. The quantitative estimate of drug-likeness (QED) is 0.874.